The Hall–Kier alpha value is -1.47. The van der Waals surface area contributed by atoms with Gasteiger partial charge in [-0.05, 0) is 19.8 Å². The maximum absolute atomic E-state index is 12.4. The summed E-state index contributed by atoms with van der Waals surface area (Å²) in [7, 11) is 1.59. The topological polar surface area (TPSA) is 71.5 Å². The van der Waals surface area contributed by atoms with E-state index < -0.39 is 0 Å². The molecule has 1 N–H and O–H groups in total. The van der Waals surface area contributed by atoms with Gasteiger partial charge in [0, 0.05) is 20.1 Å². The Bertz CT molecular complexity index is 538. The van der Waals surface area contributed by atoms with Crippen LogP contribution in [0.25, 0.3) is 0 Å². The minimum Gasteiger partial charge on any atom is -0.383 e. The first-order valence-corrected chi connectivity index (χ1v) is 8.40. The summed E-state index contributed by atoms with van der Waals surface area (Å²) in [5.74, 6) is -0.183. The zero-order valence-electron chi connectivity index (χ0n) is 13.3. The molecule has 1 fully saturated rings. The van der Waals surface area contributed by atoms with Crippen molar-refractivity contribution in [3.05, 3.63) is 10.6 Å². The molecular weight excluding hydrogens is 302 g/mol. The van der Waals surface area contributed by atoms with E-state index in [0.717, 1.165) is 12.8 Å². The van der Waals surface area contributed by atoms with Crippen LogP contribution in [0, 0.1) is 6.92 Å². The predicted octanol–water partition coefficient (Wildman–Crippen LogP) is 2.12. The van der Waals surface area contributed by atoms with Crippen molar-refractivity contribution in [3.8, 4) is 0 Å². The molecule has 0 unspecified atom stereocenters. The second-order valence-electron chi connectivity index (χ2n) is 5.53. The fourth-order valence-electron chi connectivity index (χ4n) is 2.60. The van der Waals surface area contributed by atoms with Gasteiger partial charge in [-0.1, -0.05) is 24.2 Å². The Morgan fingerprint density at radius 2 is 2.09 bits per heavy atom. The Morgan fingerprint density at radius 1 is 1.41 bits per heavy atom. The summed E-state index contributed by atoms with van der Waals surface area (Å²) in [6, 6.07) is 0.273. The summed E-state index contributed by atoms with van der Waals surface area (Å²) in [4.78, 5) is 30.7. The van der Waals surface area contributed by atoms with E-state index in [4.69, 9.17) is 4.74 Å². The molecule has 0 radical (unpaired) electrons. The molecule has 0 aliphatic heterocycles. The van der Waals surface area contributed by atoms with Gasteiger partial charge in [0.1, 0.15) is 4.88 Å². The van der Waals surface area contributed by atoms with E-state index in [1.165, 1.54) is 31.1 Å². The van der Waals surface area contributed by atoms with Crippen LogP contribution in [0.15, 0.2) is 0 Å². The largest absolute Gasteiger partial charge is 0.383 e. The molecule has 2 amide bonds. The number of methoxy groups -OCH3 is 1. The first kappa shape index (κ1) is 16.9. The highest BCUT2D eigenvalue weighted by atomic mass is 32.1. The standard InChI is InChI=1S/C15H23N3O3S/c1-10-13(14(20)17-12-6-4-5-7-12)22-15(16-10)18(11(2)19)8-9-21-3/h12H,4-9H2,1-3H3,(H,17,20). The van der Waals surface area contributed by atoms with Gasteiger partial charge in [-0.2, -0.15) is 0 Å². The third-order valence-electron chi connectivity index (χ3n) is 3.81. The number of anilines is 1. The number of hydrogen-bond acceptors (Lipinski definition) is 5. The Kier molecular flexibility index (Phi) is 5.90. The van der Waals surface area contributed by atoms with Crippen molar-refractivity contribution in [2.24, 2.45) is 0 Å². The molecule has 0 spiro atoms. The molecule has 0 aromatic carbocycles. The third kappa shape index (κ3) is 4.04. The van der Waals surface area contributed by atoms with Crippen molar-refractivity contribution in [2.45, 2.75) is 45.6 Å². The lowest BCUT2D eigenvalue weighted by molar-refractivity contribution is -0.116. The maximum Gasteiger partial charge on any atom is 0.263 e. The lowest BCUT2D eigenvalue weighted by Crippen LogP contribution is -2.32. The molecule has 1 aliphatic carbocycles. The van der Waals surface area contributed by atoms with Crippen LogP contribution in [0.4, 0.5) is 5.13 Å². The molecule has 7 heteroatoms. The van der Waals surface area contributed by atoms with Crippen molar-refractivity contribution < 1.29 is 14.3 Å². The average molecular weight is 325 g/mol. The number of aromatic nitrogens is 1. The van der Waals surface area contributed by atoms with E-state index in [1.54, 1.807) is 18.9 Å². The minimum absolute atomic E-state index is 0.0802. The lowest BCUT2D eigenvalue weighted by atomic mass is 10.2. The molecule has 6 nitrogen and oxygen atoms in total. The van der Waals surface area contributed by atoms with Gasteiger partial charge in [0.2, 0.25) is 5.91 Å². The number of hydrogen-bond donors (Lipinski definition) is 1. The van der Waals surface area contributed by atoms with Crippen LogP contribution >= 0.6 is 11.3 Å². The highest BCUT2D eigenvalue weighted by Gasteiger charge is 2.23. The number of nitrogens with one attached hydrogen (secondary N) is 1. The van der Waals surface area contributed by atoms with Gasteiger partial charge in [0.25, 0.3) is 5.91 Å². The smallest absolute Gasteiger partial charge is 0.263 e. The first-order chi connectivity index (χ1) is 10.5. The number of aryl methyl sites for hydroxylation is 1. The third-order valence-corrected chi connectivity index (χ3v) is 4.99. The highest BCUT2D eigenvalue weighted by Crippen LogP contribution is 2.27. The second-order valence-corrected chi connectivity index (χ2v) is 6.51. The minimum atomic E-state index is -0.103. The van der Waals surface area contributed by atoms with Gasteiger partial charge in [-0.3, -0.25) is 14.5 Å². The monoisotopic (exact) mass is 325 g/mol. The highest BCUT2D eigenvalue weighted by molar-refractivity contribution is 7.17. The molecule has 22 heavy (non-hydrogen) atoms. The van der Waals surface area contributed by atoms with Gasteiger partial charge in [-0.25, -0.2) is 4.98 Å². The van der Waals surface area contributed by atoms with Gasteiger partial charge in [-0.15, -0.1) is 0 Å². The number of thiazole rings is 1. The van der Waals surface area contributed by atoms with E-state index in [0.29, 0.717) is 28.9 Å². The average Bonchev–Trinajstić information content (AvgIpc) is 3.08. The van der Waals surface area contributed by atoms with Crippen molar-refractivity contribution in [2.75, 3.05) is 25.2 Å². The number of rotatable bonds is 6. The Balaban J connectivity index is 2.11. The van der Waals surface area contributed by atoms with Crippen LogP contribution in [0.1, 0.15) is 48.0 Å². The van der Waals surface area contributed by atoms with E-state index in [9.17, 15) is 9.59 Å². The number of carbonyl (C=O) groups excluding carboxylic acids is 2. The van der Waals surface area contributed by atoms with Crippen LogP contribution in [0.3, 0.4) is 0 Å². The Morgan fingerprint density at radius 3 is 2.68 bits per heavy atom. The quantitative estimate of drug-likeness (QED) is 0.869. The zero-order valence-corrected chi connectivity index (χ0v) is 14.2. The first-order valence-electron chi connectivity index (χ1n) is 7.58. The van der Waals surface area contributed by atoms with Gasteiger partial charge >= 0.3 is 0 Å². The number of nitrogens with zero attached hydrogens (tertiary/aromatic N) is 2. The van der Waals surface area contributed by atoms with E-state index in [-0.39, 0.29) is 17.9 Å². The summed E-state index contributed by atoms with van der Waals surface area (Å²) in [5.41, 5.74) is 0.666. The van der Waals surface area contributed by atoms with Gasteiger partial charge in [0.15, 0.2) is 5.13 Å². The van der Waals surface area contributed by atoms with E-state index >= 15 is 0 Å². The Labute approximate surface area is 134 Å². The van der Waals surface area contributed by atoms with E-state index in [1.807, 2.05) is 0 Å². The molecule has 1 aliphatic rings. The molecule has 1 saturated carbocycles. The molecule has 1 aromatic heterocycles. The lowest BCUT2D eigenvalue weighted by Gasteiger charge is -2.16. The number of carbonyl (C=O) groups is 2. The number of amides is 2. The molecule has 1 aromatic rings. The summed E-state index contributed by atoms with van der Waals surface area (Å²) in [5, 5.41) is 3.62. The fourth-order valence-corrected chi connectivity index (χ4v) is 3.64. The zero-order chi connectivity index (χ0) is 16.1. The van der Waals surface area contributed by atoms with Crippen LogP contribution in [0.5, 0.6) is 0 Å². The molecular formula is C15H23N3O3S. The SMILES string of the molecule is COCCN(C(C)=O)c1nc(C)c(C(=O)NC2CCCC2)s1. The van der Waals surface area contributed by atoms with E-state index in [2.05, 4.69) is 10.3 Å². The van der Waals surface area contributed by atoms with Crippen molar-refractivity contribution in [1.29, 1.82) is 0 Å². The summed E-state index contributed by atoms with van der Waals surface area (Å²) in [6.07, 6.45) is 4.44. The predicted molar refractivity (Wildman–Crippen MR) is 86.5 cm³/mol. The normalized spacial score (nSPS) is 15.0. The summed E-state index contributed by atoms with van der Waals surface area (Å²) >= 11 is 1.26. The maximum atomic E-state index is 12.4. The fraction of sp³-hybridized carbons (Fsp3) is 0.667. The van der Waals surface area contributed by atoms with Gasteiger partial charge < -0.3 is 10.1 Å². The molecule has 0 saturated heterocycles. The summed E-state index contributed by atoms with van der Waals surface area (Å²) < 4.78 is 5.02. The van der Waals surface area contributed by atoms with Crippen LogP contribution in [-0.2, 0) is 9.53 Å². The van der Waals surface area contributed by atoms with Crippen LogP contribution in [0.2, 0.25) is 0 Å². The van der Waals surface area contributed by atoms with Gasteiger partial charge in [0.05, 0.1) is 18.8 Å². The molecule has 0 bridgehead atoms. The van der Waals surface area contributed by atoms with Crippen LogP contribution < -0.4 is 10.2 Å². The van der Waals surface area contributed by atoms with Crippen molar-refractivity contribution in [1.82, 2.24) is 10.3 Å². The number of ether oxygens (including phenoxy) is 1. The van der Waals surface area contributed by atoms with Crippen molar-refractivity contribution in [3.63, 3.8) is 0 Å². The molecule has 122 valence electrons. The summed E-state index contributed by atoms with van der Waals surface area (Å²) in [6.45, 7) is 4.16. The second kappa shape index (κ2) is 7.69. The van der Waals surface area contributed by atoms with Crippen LogP contribution in [-0.4, -0.2) is 43.1 Å². The molecule has 0 atom stereocenters. The van der Waals surface area contributed by atoms with Crippen molar-refractivity contribution >= 4 is 28.3 Å². The molecule has 2 rings (SSSR count). The molecule has 1 heterocycles.